The molecular weight excluding hydrogens is 797 g/mol. The number of phenols is 2. The number of rotatable bonds is 15. The molecule has 4 aromatic carbocycles. The van der Waals surface area contributed by atoms with Crippen LogP contribution in [0.4, 0.5) is 0 Å². The number of nitrogens with zero attached hydrogens (tertiary/aromatic N) is 2. The van der Waals surface area contributed by atoms with Gasteiger partial charge in [-0.1, -0.05) is 96.5 Å². The number of carboxylic acid groups (broad SMARTS) is 2. The minimum atomic E-state index is -1.20. The molecule has 2 aliphatic rings. The Hall–Kier alpha value is -5.68. The maximum atomic E-state index is 13.3. The van der Waals surface area contributed by atoms with E-state index in [2.05, 4.69) is 0 Å². The number of amides is 2. The Bertz CT molecular complexity index is 2070. The summed E-state index contributed by atoms with van der Waals surface area (Å²) in [5.41, 5.74) is 2.65. The van der Waals surface area contributed by atoms with Crippen LogP contribution in [-0.2, 0) is 32.0 Å². The molecular formula is C40H32N2O10S4. The van der Waals surface area contributed by atoms with Crippen LogP contribution in [-0.4, -0.2) is 87.9 Å². The number of thioether (sulfide) groups is 2. The quantitative estimate of drug-likeness (QED) is 0.0593. The molecule has 2 saturated heterocycles. The third-order valence-corrected chi connectivity index (χ3v) is 11.2. The van der Waals surface area contributed by atoms with Crippen LogP contribution in [0.1, 0.15) is 22.3 Å². The fourth-order valence-corrected chi connectivity index (χ4v) is 8.44. The van der Waals surface area contributed by atoms with Crippen LogP contribution < -0.4 is 9.47 Å². The van der Waals surface area contributed by atoms with Gasteiger partial charge in [0.25, 0.3) is 11.8 Å². The summed E-state index contributed by atoms with van der Waals surface area (Å²) in [4.78, 5) is 53.6. The summed E-state index contributed by atoms with van der Waals surface area (Å²) in [6.45, 7) is 0.462. The molecule has 2 heterocycles. The molecule has 2 aliphatic heterocycles. The molecule has 0 saturated carbocycles. The van der Waals surface area contributed by atoms with Gasteiger partial charge in [-0.3, -0.25) is 19.4 Å². The molecule has 286 valence electrons. The predicted octanol–water partition coefficient (Wildman–Crippen LogP) is 6.35. The average molecular weight is 829 g/mol. The largest absolute Gasteiger partial charge is 0.508 e. The van der Waals surface area contributed by atoms with Crippen molar-refractivity contribution in [3.63, 3.8) is 0 Å². The average Bonchev–Trinajstić information content (AvgIpc) is 3.61. The molecule has 2 amide bonds. The van der Waals surface area contributed by atoms with Gasteiger partial charge >= 0.3 is 11.9 Å². The Labute approximate surface area is 340 Å². The van der Waals surface area contributed by atoms with E-state index in [0.717, 1.165) is 33.3 Å². The zero-order valence-electron chi connectivity index (χ0n) is 29.1. The molecule has 4 N–H and O–H groups in total. The minimum absolute atomic E-state index is 0.0214. The van der Waals surface area contributed by atoms with E-state index in [1.807, 2.05) is 0 Å². The number of carboxylic acids is 2. The van der Waals surface area contributed by atoms with Gasteiger partial charge in [-0.2, -0.15) is 0 Å². The lowest BCUT2D eigenvalue weighted by atomic mass is 10.0. The first-order chi connectivity index (χ1) is 26.9. The third kappa shape index (κ3) is 9.75. The Morgan fingerprint density at radius 1 is 0.589 bits per heavy atom. The number of benzene rings is 4. The highest BCUT2D eigenvalue weighted by Gasteiger charge is 2.41. The number of aliphatic carboxylic acids is 2. The Balaban J connectivity index is 0.985. The number of hydrogen-bond acceptors (Lipinski definition) is 12. The highest BCUT2D eigenvalue weighted by atomic mass is 32.2. The smallest absolute Gasteiger partial charge is 0.327 e. The van der Waals surface area contributed by atoms with E-state index >= 15 is 0 Å². The first kappa shape index (κ1) is 40.0. The molecule has 0 bridgehead atoms. The number of ether oxygens (including phenoxy) is 2. The molecule has 56 heavy (non-hydrogen) atoms. The van der Waals surface area contributed by atoms with E-state index in [1.54, 1.807) is 84.9 Å². The molecule has 2 atom stereocenters. The second kappa shape index (κ2) is 17.8. The molecule has 0 radical (unpaired) electrons. The van der Waals surface area contributed by atoms with E-state index in [1.165, 1.54) is 24.3 Å². The van der Waals surface area contributed by atoms with Crippen LogP contribution in [0.5, 0.6) is 23.0 Å². The maximum absolute atomic E-state index is 13.3. The van der Waals surface area contributed by atoms with Crippen molar-refractivity contribution < 1.29 is 49.1 Å². The first-order valence-electron chi connectivity index (χ1n) is 16.9. The first-order valence-corrected chi connectivity index (χ1v) is 19.3. The van der Waals surface area contributed by atoms with Gasteiger partial charge in [0.2, 0.25) is 0 Å². The zero-order valence-corrected chi connectivity index (χ0v) is 32.4. The zero-order chi connectivity index (χ0) is 39.9. The topological polar surface area (TPSA) is 174 Å². The predicted molar refractivity (Wildman–Crippen MR) is 220 cm³/mol. The van der Waals surface area contributed by atoms with Gasteiger partial charge in [0.15, 0.2) is 0 Å². The normalized spacial score (nSPS) is 16.8. The summed E-state index contributed by atoms with van der Waals surface area (Å²) in [5, 5.41) is 38.9. The number of carbonyl (C=O) groups is 4. The minimum Gasteiger partial charge on any atom is -0.508 e. The maximum Gasteiger partial charge on any atom is 0.327 e. The van der Waals surface area contributed by atoms with Gasteiger partial charge in [-0.15, -0.1) is 0 Å². The lowest BCUT2D eigenvalue weighted by Gasteiger charge is -2.23. The van der Waals surface area contributed by atoms with Crippen molar-refractivity contribution >= 4 is 92.5 Å². The third-order valence-electron chi connectivity index (χ3n) is 8.55. The van der Waals surface area contributed by atoms with Crippen molar-refractivity contribution in [2.75, 3.05) is 13.2 Å². The fourth-order valence-electron chi connectivity index (χ4n) is 5.73. The van der Waals surface area contributed by atoms with Crippen LogP contribution in [0.25, 0.3) is 12.2 Å². The molecule has 2 fully saturated rings. The number of thiocarbonyl (C=S) groups is 2. The summed E-state index contributed by atoms with van der Waals surface area (Å²) in [5.74, 6) is -2.14. The Morgan fingerprint density at radius 2 is 0.929 bits per heavy atom. The van der Waals surface area contributed by atoms with Crippen molar-refractivity contribution in [1.29, 1.82) is 0 Å². The number of carbonyl (C=O) groups excluding carboxylic acids is 2. The molecule has 0 aliphatic carbocycles. The van der Waals surface area contributed by atoms with Crippen LogP contribution in [0.2, 0.25) is 0 Å². The summed E-state index contributed by atoms with van der Waals surface area (Å²) in [7, 11) is 0. The van der Waals surface area contributed by atoms with Crippen LogP contribution in [0.15, 0.2) is 107 Å². The van der Waals surface area contributed by atoms with Gasteiger partial charge in [-0.25, -0.2) is 9.59 Å². The number of aromatic hydroxyl groups is 2. The molecule has 16 heteroatoms. The van der Waals surface area contributed by atoms with Crippen molar-refractivity contribution in [2.45, 2.75) is 24.9 Å². The van der Waals surface area contributed by atoms with E-state index < -0.39 is 35.8 Å². The molecule has 12 nitrogen and oxygen atoms in total. The van der Waals surface area contributed by atoms with Gasteiger partial charge in [0.05, 0.1) is 9.81 Å². The SMILES string of the molecule is O=C(O)[C@H](Cc1ccc(O)cc1)N1C(=O)/C(=C/c2ccc(OCCOc3ccc(/C=C4\SC(=S)N([C@@H](Cc5ccc(O)cc5)C(=O)O)C4=O)cc3)cc2)SC1=S. The lowest BCUT2D eigenvalue weighted by molar-refractivity contribution is -0.145. The summed E-state index contributed by atoms with van der Waals surface area (Å²) >= 11 is 12.8. The van der Waals surface area contributed by atoms with E-state index in [9.17, 15) is 39.6 Å². The Kier molecular flexibility index (Phi) is 12.7. The Morgan fingerprint density at radius 3 is 1.25 bits per heavy atom. The van der Waals surface area contributed by atoms with E-state index in [0.29, 0.717) is 43.6 Å². The second-order valence-electron chi connectivity index (χ2n) is 12.4. The second-order valence-corrected chi connectivity index (χ2v) is 15.7. The van der Waals surface area contributed by atoms with E-state index in [4.69, 9.17) is 33.9 Å². The van der Waals surface area contributed by atoms with Crippen molar-refractivity contribution in [3.8, 4) is 23.0 Å². The summed E-state index contributed by atoms with van der Waals surface area (Å²) in [6.07, 6.45) is 3.33. The van der Waals surface area contributed by atoms with Crippen LogP contribution in [0.3, 0.4) is 0 Å². The van der Waals surface area contributed by atoms with E-state index in [-0.39, 0.29) is 46.2 Å². The number of phenolic OH excluding ortho intramolecular Hbond substituents is 2. The van der Waals surface area contributed by atoms with Gasteiger partial charge in [0, 0.05) is 12.8 Å². The molecule has 0 unspecified atom stereocenters. The van der Waals surface area contributed by atoms with Gasteiger partial charge < -0.3 is 29.9 Å². The monoisotopic (exact) mass is 828 g/mol. The van der Waals surface area contributed by atoms with Crippen LogP contribution >= 0.6 is 48.0 Å². The highest BCUT2D eigenvalue weighted by Crippen LogP contribution is 2.36. The molecule has 6 rings (SSSR count). The standard InChI is InChI=1S/C40H32N2O10S4/c43-27-9-1-23(2-10-27)19-31(37(47)48)41-35(45)33(55-39(41)53)21-25-5-13-29(14-6-25)51-17-18-52-30-15-7-26(8-16-30)22-34-36(46)42(40(54)56-34)32(38(49)50)20-24-3-11-28(44)12-4-24/h1-16,21-22,31-32,43-44H,17-20H2,(H,47,48)(H,49,50)/b33-21-,34-22-/t31-,32-/m0/s1. The highest BCUT2D eigenvalue weighted by molar-refractivity contribution is 8.27. The molecule has 0 aromatic heterocycles. The number of hydrogen-bond donors (Lipinski definition) is 4. The summed E-state index contributed by atoms with van der Waals surface area (Å²) < 4.78 is 11.9. The lowest BCUT2D eigenvalue weighted by Crippen LogP contribution is -2.45. The molecule has 4 aromatic rings. The van der Waals surface area contributed by atoms with Crippen LogP contribution in [0, 0.1) is 0 Å². The van der Waals surface area contributed by atoms with Gasteiger partial charge in [0.1, 0.15) is 56.9 Å². The summed E-state index contributed by atoms with van der Waals surface area (Å²) in [6, 6.07) is 23.8. The van der Waals surface area contributed by atoms with Crippen molar-refractivity contribution in [3.05, 3.63) is 129 Å². The van der Waals surface area contributed by atoms with Gasteiger partial charge in [-0.05, 0) is 82.9 Å². The van der Waals surface area contributed by atoms with Crippen molar-refractivity contribution in [1.82, 2.24) is 9.80 Å². The van der Waals surface area contributed by atoms with Crippen molar-refractivity contribution in [2.24, 2.45) is 0 Å². The fraction of sp³-hybridized carbons (Fsp3) is 0.150. The molecule has 0 spiro atoms.